The van der Waals surface area contributed by atoms with Gasteiger partial charge in [0.2, 0.25) is 9.84 Å². The van der Waals surface area contributed by atoms with Crippen LogP contribution in [-0.4, -0.2) is 44.1 Å². The maximum Gasteiger partial charge on any atom is 0.222 e. The summed E-state index contributed by atoms with van der Waals surface area (Å²) in [6, 6.07) is 6.64. The van der Waals surface area contributed by atoms with E-state index in [1.807, 2.05) is 6.92 Å². The maximum atomic E-state index is 12.1. The summed E-state index contributed by atoms with van der Waals surface area (Å²) in [4.78, 5) is 4.04. The van der Waals surface area contributed by atoms with Crippen molar-refractivity contribution in [3.8, 4) is 0 Å². The van der Waals surface area contributed by atoms with Crippen LogP contribution in [0, 0.1) is 6.92 Å². The fourth-order valence-corrected chi connectivity index (χ4v) is 6.47. The molecule has 0 aliphatic rings. The molecule has 188 valence electrons. The summed E-state index contributed by atoms with van der Waals surface area (Å²) >= 11 is 6.09. The third-order valence-corrected chi connectivity index (χ3v) is 9.10. The second kappa shape index (κ2) is 15.8. The molecular formula is C26H44N2O2S3. The Morgan fingerprint density at radius 2 is 1.24 bits per heavy atom. The fraction of sp³-hybridized carbons (Fsp3) is 0.654. The van der Waals surface area contributed by atoms with Crippen LogP contribution in [0.5, 0.6) is 0 Å². The number of thiazole rings is 1. The van der Waals surface area contributed by atoms with Gasteiger partial charge in [-0.25, -0.2) is 8.42 Å². The molecule has 0 amide bonds. The quantitative estimate of drug-likeness (QED) is 0.198. The highest BCUT2D eigenvalue weighted by Crippen LogP contribution is 2.25. The van der Waals surface area contributed by atoms with Crippen LogP contribution in [0.3, 0.4) is 0 Å². The number of hydrogen-bond acceptors (Lipinski definition) is 5. The number of quaternary nitrogens is 1. The van der Waals surface area contributed by atoms with E-state index in [1.54, 1.807) is 24.3 Å². The molecule has 0 saturated carbocycles. The lowest BCUT2D eigenvalue weighted by Gasteiger charge is -2.39. The predicted octanol–water partition coefficient (Wildman–Crippen LogP) is 7.19. The number of hydrogen-bond donors (Lipinski definition) is 0. The van der Waals surface area contributed by atoms with Gasteiger partial charge in [0.15, 0.2) is 0 Å². The summed E-state index contributed by atoms with van der Waals surface area (Å²) < 4.78 is 25.9. The standard InChI is InChI=1S/C16H36N.C10H9NO2S3/c1-5-9-13-17(14-10-6-2,15-11-7-3)16-12-8-4;1-7-2-4-8(5-3-7)16(12,13)9-10(14)15-6-11-9/h5-16H2,1-4H3;2-6,14H,1H3/q+1;/p-1. The van der Waals surface area contributed by atoms with Crippen molar-refractivity contribution in [2.75, 3.05) is 26.2 Å². The van der Waals surface area contributed by atoms with Gasteiger partial charge >= 0.3 is 0 Å². The lowest BCUT2D eigenvalue weighted by atomic mass is 10.1. The molecule has 0 atom stereocenters. The number of benzene rings is 1. The van der Waals surface area contributed by atoms with Crippen LogP contribution in [-0.2, 0) is 22.5 Å². The van der Waals surface area contributed by atoms with E-state index in [-0.39, 0.29) is 9.92 Å². The van der Waals surface area contributed by atoms with Gasteiger partial charge in [-0.3, -0.25) is 4.98 Å². The van der Waals surface area contributed by atoms with Gasteiger partial charge in [0.1, 0.15) is 5.03 Å². The van der Waals surface area contributed by atoms with Gasteiger partial charge < -0.3 is 28.4 Å². The van der Waals surface area contributed by atoms with Crippen LogP contribution in [0.1, 0.15) is 84.6 Å². The van der Waals surface area contributed by atoms with Crippen LogP contribution >= 0.6 is 11.3 Å². The smallest absolute Gasteiger partial charge is 0.222 e. The van der Waals surface area contributed by atoms with Gasteiger partial charge in [-0.2, -0.15) is 0 Å². The fourth-order valence-electron chi connectivity index (χ4n) is 3.88. The van der Waals surface area contributed by atoms with E-state index in [0.717, 1.165) is 16.9 Å². The summed E-state index contributed by atoms with van der Waals surface area (Å²) in [5.41, 5.74) is 2.46. The Balaban J connectivity index is 0.000000330. The van der Waals surface area contributed by atoms with Crippen LogP contribution < -0.4 is 0 Å². The van der Waals surface area contributed by atoms with E-state index in [9.17, 15) is 8.42 Å². The average molecular weight is 513 g/mol. The van der Waals surface area contributed by atoms with Crippen molar-refractivity contribution in [1.82, 2.24) is 4.98 Å². The number of unbranched alkanes of at least 4 members (excludes halogenated alkanes) is 4. The van der Waals surface area contributed by atoms with Gasteiger partial charge in [0, 0.05) is 0 Å². The van der Waals surface area contributed by atoms with Crippen LogP contribution in [0.25, 0.3) is 0 Å². The number of aryl methyl sites for hydroxylation is 1. The minimum absolute atomic E-state index is 0.0173. The molecule has 4 nitrogen and oxygen atoms in total. The summed E-state index contributed by atoms with van der Waals surface area (Å²) in [6.07, 6.45) is 11.1. The number of rotatable bonds is 14. The van der Waals surface area contributed by atoms with Crippen molar-refractivity contribution < 1.29 is 12.9 Å². The zero-order valence-corrected chi connectivity index (χ0v) is 23.8. The highest BCUT2D eigenvalue weighted by Gasteiger charge is 2.24. The van der Waals surface area contributed by atoms with Gasteiger partial charge in [0.05, 0.1) is 31.1 Å². The minimum Gasteiger partial charge on any atom is -0.425 e. The van der Waals surface area contributed by atoms with E-state index < -0.39 is 9.84 Å². The summed E-state index contributed by atoms with van der Waals surface area (Å²) in [5.74, 6) is 0. The summed E-state index contributed by atoms with van der Waals surface area (Å²) in [7, 11) is -3.55. The van der Waals surface area contributed by atoms with Crippen molar-refractivity contribution in [3.63, 3.8) is 0 Å². The monoisotopic (exact) mass is 512 g/mol. The molecule has 0 spiro atoms. The number of sulfone groups is 1. The van der Waals surface area contributed by atoms with Crippen molar-refractivity contribution in [2.24, 2.45) is 0 Å². The largest absolute Gasteiger partial charge is 0.425 e. The van der Waals surface area contributed by atoms with E-state index in [1.165, 1.54) is 87.5 Å². The van der Waals surface area contributed by atoms with Crippen molar-refractivity contribution in [3.05, 3.63) is 35.3 Å². The molecule has 0 radical (unpaired) electrons. The zero-order valence-electron chi connectivity index (χ0n) is 21.3. The summed E-state index contributed by atoms with van der Waals surface area (Å²) in [5, 5.41) is -0.0173. The number of nitrogens with zero attached hydrogens (tertiary/aromatic N) is 2. The average Bonchev–Trinajstić information content (AvgIpc) is 3.25. The van der Waals surface area contributed by atoms with Crippen LogP contribution in [0.15, 0.2) is 43.9 Å². The molecule has 0 aliphatic heterocycles. The van der Waals surface area contributed by atoms with Crippen LogP contribution in [0.2, 0.25) is 0 Å². The molecule has 0 fully saturated rings. The lowest BCUT2D eigenvalue weighted by Crippen LogP contribution is -2.50. The lowest BCUT2D eigenvalue weighted by molar-refractivity contribution is -0.929. The van der Waals surface area contributed by atoms with E-state index >= 15 is 0 Å². The first-order chi connectivity index (χ1) is 15.8. The van der Waals surface area contributed by atoms with Gasteiger partial charge in [-0.15, -0.1) is 0 Å². The first-order valence-corrected chi connectivity index (χ1v) is 15.3. The molecule has 2 aromatic rings. The SMILES string of the molecule is CCCC[N+](CCCC)(CCCC)CCCC.Cc1ccc(S(=O)(=O)c2ncsc2[S-])cc1. The van der Waals surface area contributed by atoms with E-state index in [4.69, 9.17) is 12.6 Å². The Labute approximate surface area is 212 Å². The second-order valence-corrected chi connectivity index (χ2v) is 12.3. The topological polar surface area (TPSA) is 47.0 Å². The minimum atomic E-state index is -3.55. The van der Waals surface area contributed by atoms with Gasteiger partial charge in [-0.1, -0.05) is 75.3 Å². The molecule has 7 heteroatoms. The molecular weight excluding hydrogens is 468 g/mol. The Morgan fingerprint density at radius 3 is 1.58 bits per heavy atom. The highest BCUT2D eigenvalue weighted by molar-refractivity contribution is 7.91. The normalized spacial score (nSPS) is 11.8. The molecule has 0 unspecified atom stereocenters. The molecule has 33 heavy (non-hydrogen) atoms. The molecule has 0 bridgehead atoms. The predicted molar refractivity (Wildman–Crippen MR) is 144 cm³/mol. The Hall–Kier alpha value is -1.02. The van der Waals surface area contributed by atoms with E-state index in [2.05, 4.69) is 32.7 Å². The van der Waals surface area contributed by atoms with Gasteiger partial charge in [-0.05, 0) is 50.3 Å². The Morgan fingerprint density at radius 1 is 0.818 bits per heavy atom. The molecule has 2 rings (SSSR count). The molecule has 1 aromatic carbocycles. The molecule has 0 aliphatic carbocycles. The third kappa shape index (κ3) is 10.0. The maximum absolute atomic E-state index is 12.1. The zero-order chi connectivity index (χ0) is 24.7. The van der Waals surface area contributed by atoms with Crippen molar-refractivity contribution in [2.45, 2.75) is 100 Å². The third-order valence-electron chi connectivity index (χ3n) is 6.03. The molecule has 0 saturated heterocycles. The Bertz CT molecular complexity index is 840. The molecule has 1 heterocycles. The Kier molecular flexibility index (Phi) is 14.4. The molecule has 1 aromatic heterocycles. The first-order valence-electron chi connectivity index (χ1n) is 12.5. The van der Waals surface area contributed by atoms with E-state index in [0.29, 0.717) is 4.21 Å². The number of aromatic nitrogens is 1. The summed E-state index contributed by atoms with van der Waals surface area (Å²) in [6.45, 7) is 16.9. The van der Waals surface area contributed by atoms with Crippen molar-refractivity contribution >= 4 is 33.8 Å². The van der Waals surface area contributed by atoms with Crippen LogP contribution in [0.4, 0.5) is 0 Å². The van der Waals surface area contributed by atoms with Gasteiger partial charge in [0.25, 0.3) is 0 Å². The second-order valence-electron chi connectivity index (χ2n) is 8.91. The first kappa shape index (κ1) is 30.0. The molecule has 0 N–H and O–H groups in total. The van der Waals surface area contributed by atoms with Crippen molar-refractivity contribution in [1.29, 1.82) is 0 Å². The highest BCUT2D eigenvalue weighted by atomic mass is 32.2.